The monoisotopic (exact) mass is 442 g/mol. The number of carbonyl (C=O) groups excluding carboxylic acids is 1. The van der Waals surface area contributed by atoms with Crippen LogP contribution in [0.15, 0.2) is 16.2 Å². The summed E-state index contributed by atoms with van der Waals surface area (Å²) in [5.74, 6) is 0.631. The Hall–Kier alpha value is -2.12. The Morgan fingerprint density at radius 2 is 1.97 bits per heavy atom. The van der Waals surface area contributed by atoms with Gasteiger partial charge in [0.1, 0.15) is 0 Å². The molecule has 0 bridgehead atoms. The molecule has 2 aromatic heterocycles. The lowest BCUT2D eigenvalue weighted by molar-refractivity contribution is 0.0950. The molecule has 168 valence electrons. The molecule has 0 aromatic carbocycles. The van der Waals surface area contributed by atoms with Crippen LogP contribution >= 0.6 is 11.3 Å². The van der Waals surface area contributed by atoms with Gasteiger partial charge in [-0.15, -0.1) is 11.3 Å². The Labute approximate surface area is 188 Å². The van der Waals surface area contributed by atoms with Gasteiger partial charge in [-0.1, -0.05) is 0 Å². The molecule has 0 spiro atoms. The van der Waals surface area contributed by atoms with Gasteiger partial charge in [0.15, 0.2) is 0 Å². The molecule has 0 saturated carbocycles. The highest BCUT2D eigenvalue weighted by Crippen LogP contribution is 2.38. The smallest absolute Gasteiger partial charge is 0.253 e. The summed E-state index contributed by atoms with van der Waals surface area (Å²) in [4.78, 5) is 30.6. The zero-order valence-electron chi connectivity index (χ0n) is 18.8. The first kappa shape index (κ1) is 22.1. The summed E-state index contributed by atoms with van der Waals surface area (Å²) in [5.41, 5.74) is 4.03. The van der Waals surface area contributed by atoms with Gasteiger partial charge in [0.05, 0.1) is 10.6 Å². The van der Waals surface area contributed by atoms with Crippen molar-refractivity contribution >= 4 is 22.2 Å². The number of aryl methyl sites for hydroxylation is 2. The molecule has 2 saturated heterocycles. The highest BCUT2D eigenvalue weighted by molar-refractivity contribution is 7.14. The minimum absolute atomic E-state index is 0.102. The largest absolute Gasteiger partial charge is 0.360 e. The van der Waals surface area contributed by atoms with Crippen molar-refractivity contribution in [2.45, 2.75) is 65.5 Å². The number of aromatic amines is 1. The number of thiophene rings is 1. The summed E-state index contributed by atoms with van der Waals surface area (Å²) in [6, 6.07) is 2.52. The van der Waals surface area contributed by atoms with Gasteiger partial charge in [-0.05, 0) is 89.1 Å². The summed E-state index contributed by atoms with van der Waals surface area (Å²) in [5, 5.41) is 9.69. The molecule has 3 N–H and O–H groups in total. The van der Waals surface area contributed by atoms with Crippen molar-refractivity contribution in [2.24, 2.45) is 5.92 Å². The number of pyridine rings is 1. The lowest BCUT2D eigenvalue weighted by Crippen LogP contribution is -2.47. The first-order chi connectivity index (χ1) is 15.0. The maximum Gasteiger partial charge on any atom is 0.253 e. The normalized spacial score (nSPS) is 20.1. The van der Waals surface area contributed by atoms with Crippen LogP contribution in [0.2, 0.25) is 0 Å². The van der Waals surface area contributed by atoms with E-state index < -0.39 is 0 Å². The third kappa shape index (κ3) is 4.72. The molecule has 2 fully saturated rings. The van der Waals surface area contributed by atoms with E-state index in [9.17, 15) is 9.59 Å². The van der Waals surface area contributed by atoms with Crippen molar-refractivity contribution < 1.29 is 4.79 Å². The number of aromatic nitrogens is 1. The minimum atomic E-state index is -0.126. The predicted octanol–water partition coefficient (Wildman–Crippen LogP) is 3.65. The molecule has 2 aromatic rings. The number of nitrogens with one attached hydrogen (secondary N) is 3. The number of piperidine rings is 2. The van der Waals surface area contributed by atoms with Gasteiger partial charge in [-0.3, -0.25) is 9.59 Å². The van der Waals surface area contributed by atoms with Gasteiger partial charge in [0, 0.05) is 35.8 Å². The topological polar surface area (TPSA) is 77.2 Å². The number of carbonyl (C=O) groups is 1. The van der Waals surface area contributed by atoms with Gasteiger partial charge in [0.25, 0.3) is 11.5 Å². The average Bonchev–Trinajstić information content (AvgIpc) is 3.14. The summed E-state index contributed by atoms with van der Waals surface area (Å²) in [6.07, 6.45) is 6.24. The summed E-state index contributed by atoms with van der Waals surface area (Å²) in [6.45, 7) is 9.40. The van der Waals surface area contributed by atoms with E-state index in [-0.39, 0.29) is 18.0 Å². The fraction of sp³-hybridized carbons (Fsp3) is 0.583. The molecule has 7 heteroatoms. The molecule has 31 heavy (non-hydrogen) atoms. The Balaban J connectivity index is 1.49. The molecular formula is C24H34N4O2S. The second-order valence-electron chi connectivity index (χ2n) is 9.05. The SMILES string of the molecule is Cc1cc(C)c(CNC(=O)c2csc(N3CCCCC3C3CCNCC3)c2C)c(=O)[nH]1. The molecule has 6 nitrogen and oxygen atoms in total. The molecule has 4 heterocycles. The van der Waals surface area contributed by atoms with Crippen LogP contribution in [0.25, 0.3) is 0 Å². The van der Waals surface area contributed by atoms with Crippen molar-refractivity contribution in [3.05, 3.63) is 49.7 Å². The standard InChI is InChI=1S/C24H34N4O2S/c1-15-12-16(2)27-23(30)19(15)13-26-22(29)20-14-31-24(17(20)3)28-11-5-4-6-21(28)18-7-9-25-10-8-18/h12,14,18,21,25H,4-11,13H2,1-3H3,(H,26,29)(H,27,30). The van der Waals surface area contributed by atoms with E-state index in [4.69, 9.17) is 0 Å². The van der Waals surface area contributed by atoms with E-state index in [0.717, 1.165) is 47.9 Å². The maximum atomic E-state index is 13.0. The second-order valence-corrected chi connectivity index (χ2v) is 9.91. The second kappa shape index (κ2) is 9.57. The van der Waals surface area contributed by atoms with Gasteiger partial charge in [-0.2, -0.15) is 0 Å². The van der Waals surface area contributed by atoms with Gasteiger partial charge < -0.3 is 20.5 Å². The highest BCUT2D eigenvalue weighted by Gasteiger charge is 2.33. The Bertz CT molecular complexity index is 990. The van der Waals surface area contributed by atoms with Gasteiger partial charge in [-0.25, -0.2) is 0 Å². The molecule has 0 radical (unpaired) electrons. The first-order valence-corrected chi connectivity index (χ1v) is 12.4. The lowest BCUT2D eigenvalue weighted by Gasteiger charge is -2.43. The molecular weight excluding hydrogens is 408 g/mol. The van der Waals surface area contributed by atoms with Crippen LogP contribution in [0.5, 0.6) is 0 Å². The number of H-pyrrole nitrogens is 1. The number of hydrogen-bond donors (Lipinski definition) is 3. The number of rotatable bonds is 5. The first-order valence-electron chi connectivity index (χ1n) is 11.5. The van der Waals surface area contributed by atoms with E-state index in [1.54, 1.807) is 11.3 Å². The van der Waals surface area contributed by atoms with Crippen LogP contribution in [-0.4, -0.2) is 36.6 Å². The molecule has 1 atom stereocenters. The van der Waals surface area contributed by atoms with Crippen molar-refractivity contribution in [3.8, 4) is 0 Å². The number of amides is 1. The van der Waals surface area contributed by atoms with E-state index in [2.05, 4.69) is 27.4 Å². The zero-order chi connectivity index (χ0) is 22.0. The molecule has 0 aliphatic carbocycles. The number of hydrogen-bond acceptors (Lipinski definition) is 5. The van der Waals surface area contributed by atoms with Crippen LogP contribution in [0.4, 0.5) is 5.00 Å². The molecule has 1 amide bonds. The number of nitrogens with zero attached hydrogens (tertiary/aromatic N) is 1. The van der Waals surface area contributed by atoms with E-state index in [1.165, 1.54) is 37.1 Å². The van der Waals surface area contributed by atoms with Gasteiger partial charge in [0.2, 0.25) is 0 Å². The van der Waals surface area contributed by atoms with Gasteiger partial charge >= 0.3 is 0 Å². The fourth-order valence-corrected chi connectivity index (χ4v) is 6.37. The van der Waals surface area contributed by atoms with Crippen LogP contribution in [0.1, 0.15) is 64.8 Å². The highest BCUT2D eigenvalue weighted by atomic mass is 32.1. The average molecular weight is 443 g/mol. The summed E-state index contributed by atoms with van der Waals surface area (Å²) in [7, 11) is 0. The van der Waals surface area contributed by atoms with E-state index in [0.29, 0.717) is 11.6 Å². The third-order valence-electron chi connectivity index (χ3n) is 6.92. The molecule has 2 aliphatic rings. The van der Waals surface area contributed by atoms with Crippen LogP contribution < -0.4 is 21.1 Å². The molecule has 2 aliphatic heterocycles. The van der Waals surface area contributed by atoms with Crippen molar-refractivity contribution in [3.63, 3.8) is 0 Å². The van der Waals surface area contributed by atoms with Crippen molar-refractivity contribution in [2.75, 3.05) is 24.5 Å². The van der Waals surface area contributed by atoms with Crippen molar-refractivity contribution in [1.82, 2.24) is 15.6 Å². The summed E-state index contributed by atoms with van der Waals surface area (Å²) < 4.78 is 0. The van der Waals surface area contributed by atoms with E-state index in [1.807, 2.05) is 25.3 Å². The lowest BCUT2D eigenvalue weighted by atomic mass is 9.84. The Morgan fingerprint density at radius 1 is 1.19 bits per heavy atom. The predicted molar refractivity (Wildman–Crippen MR) is 127 cm³/mol. The Kier molecular flexibility index (Phi) is 6.82. The van der Waals surface area contributed by atoms with Crippen LogP contribution in [0.3, 0.4) is 0 Å². The molecule has 1 unspecified atom stereocenters. The maximum absolute atomic E-state index is 13.0. The molecule has 4 rings (SSSR count). The summed E-state index contributed by atoms with van der Waals surface area (Å²) >= 11 is 1.69. The van der Waals surface area contributed by atoms with Crippen LogP contribution in [0, 0.1) is 26.7 Å². The third-order valence-corrected chi connectivity index (χ3v) is 8.03. The van der Waals surface area contributed by atoms with E-state index >= 15 is 0 Å². The van der Waals surface area contributed by atoms with Crippen LogP contribution in [-0.2, 0) is 6.54 Å². The quantitative estimate of drug-likeness (QED) is 0.661. The van der Waals surface area contributed by atoms with Crippen molar-refractivity contribution in [1.29, 1.82) is 0 Å². The Morgan fingerprint density at radius 3 is 2.71 bits per heavy atom. The minimum Gasteiger partial charge on any atom is -0.360 e. The fourth-order valence-electron chi connectivity index (χ4n) is 5.21. The zero-order valence-corrected chi connectivity index (χ0v) is 19.7. The number of anilines is 1.